The molecule has 1 fully saturated rings. The first-order valence-electron chi connectivity index (χ1n) is 7.40. The van der Waals surface area contributed by atoms with Crippen LogP contribution in [0.1, 0.15) is 35.7 Å². The zero-order valence-corrected chi connectivity index (χ0v) is 12.7. The van der Waals surface area contributed by atoms with E-state index in [1.54, 1.807) is 0 Å². The van der Waals surface area contributed by atoms with Crippen LogP contribution in [0.25, 0.3) is 0 Å². The second-order valence-corrected chi connectivity index (χ2v) is 5.46. The van der Waals surface area contributed by atoms with Gasteiger partial charge in [0.2, 0.25) is 5.91 Å². The van der Waals surface area contributed by atoms with Gasteiger partial charge < -0.3 is 15.5 Å². The Kier molecular flexibility index (Phi) is 5.33. The van der Waals surface area contributed by atoms with Gasteiger partial charge in [-0.3, -0.25) is 9.59 Å². The van der Waals surface area contributed by atoms with E-state index in [2.05, 4.69) is 10.6 Å². The maximum absolute atomic E-state index is 12.5. The Bertz CT molecular complexity index is 499. The predicted octanol–water partition coefficient (Wildman–Crippen LogP) is 1.15. The smallest absolute Gasteiger partial charge is 0.254 e. The highest BCUT2D eigenvalue weighted by atomic mass is 16.2. The van der Waals surface area contributed by atoms with Crippen LogP contribution in [0.2, 0.25) is 0 Å². The Balaban J connectivity index is 2.00. The average molecular weight is 289 g/mol. The second kappa shape index (κ2) is 7.22. The molecule has 5 nitrogen and oxygen atoms in total. The van der Waals surface area contributed by atoms with Crippen LogP contribution in [0.4, 0.5) is 0 Å². The molecule has 114 valence electrons. The predicted molar refractivity (Wildman–Crippen MR) is 81.9 cm³/mol. The van der Waals surface area contributed by atoms with Crippen molar-refractivity contribution in [2.24, 2.45) is 0 Å². The molecule has 0 aromatic heterocycles. The fraction of sp³-hybridized carbons (Fsp3) is 0.500. The van der Waals surface area contributed by atoms with E-state index in [9.17, 15) is 9.59 Å². The van der Waals surface area contributed by atoms with E-state index in [1.165, 1.54) is 6.92 Å². The molecule has 0 radical (unpaired) electrons. The summed E-state index contributed by atoms with van der Waals surface area (Å²) in [6.07, 6.45) is 2.13. The Morgan fingerprint density at radius 1 is 1.29 bits per heavy atom. The average Bonchev–Trinajstić information content (AvgIpc) is 2.93. The van der Waals surface area contributed by atoms with Gasteiger partial charge in [-0.15, -0.1) is 0 Å². The van der Waals surface area contributed by atoms with Crippen molar-refractivity contribution < 1.29 is 9.59 Å². The highest BCUT2D eigenvalue weighted by Crippen LogP contribution is 2.19. The number of carbonyl (C=O) groups excluding carboxylic acids is 2. The lowest BCUT2D eigenvalue weighted by molar-refractivity contribution is -0.119. The van der Waals surface area contributed by atoms with Crippen molar-refractivity contribution >= 4 is 11.8 Å². The van der Waals surface area contributed by atoms with Gasteiger partial charge in [0, 0.05) is 38.2 Å². The fourth-order valence-electron chi connectivity index (χ4n) is 2.71. The number of likely N-dealkylation sites (tertiary alicyclic amines) is 1. The monoisotopic (exact) mass is 289 g/mol. The van der Waals surface area contributed by atoms with E-state index in [0.29, 0.717) is 18.2 Å². The van der Waals surface area contributed by atoms with Gasteiger partial charge in [0.15, 0.2) is 0 Å². The normalized spacial score (nSPS) is 17.8. The molecule has 2 N–H and O–H groups in total. The van der Waals surface area contributed by atoms with Crippen molar-refractivity contribution in [3.05, 3.63) is 35.4 Å². The van der Waals surface area contributed by atoms with Crippen molar-refractivity contribution in [2.45, 2.75) is 32.4 Å². The summed E-state index contributed by atoms with van der Waals surface area (Å²) >= 11 is 0. The third kappa shape index (κ3) is 4.04. The minimum absolute atomic E-state index is 0.0536. The highest BCUT2D eigenvalue weighted by molar-refractivity contribution is 5.94. The van der Waals surface area contributed by atoms with Crippen molar-refractivity contribution in [1.29, 1.82) is 0 Å². The molecule has 1 saturated heterocycles. The molecule has 1 aliphatic heterocycles. The lowest BCUT2D eigenvalue weighted by Gasteiger charge is -2.24. The van der Waals surface area contributed by atoms with Gasteiger partial charge in [-0.05, 0) is 37.6 Å². The Morgan fingerprint density at radius 3 is 2.62 bits per heavy atom. The van der Waals surface area contributed by atoms with Gasteiger partial charge >= 0.3 is 0 Å². The van der Waals surface area contributed by atoms with Crippen LogP contribution < -0.4 is 10.6 Å². The van der Waals surface area contributed by atoms with E-state index in [-0.39, 0.29) is 11.8 Å². The summed E-state index contributed by atoms with van der Waals surface area (Å²) in [6.45, 7) is 3.66. The van der Waals surface area contributed by atoms with Gasteiger partial charge in [-0.2, -0.15) is 0 Å². The summed E-state index contributed by atoms with van der Waals surface area (Å²) in [6, 6.07) is 7.77. The number of carbonyl (C=O) groups is 2. The molecule has 1 aromatic carbocycles. The first kappa shape index (κ1) is 15.5. The number of likely N-dealkylation sites (N-methyl/N-ethyl adjacent to an activating group) is 1. The maximum atomic E-state index is 12.5. The number of nitrogens with zero attached hydrogens (tertiary/aromatic N) is 1. The van der Waals surface area contributed by atoms with E-state index >= 15 is 0 Å². The lowest BCUT2D eigenvalue weighted by Crippen LogP contribution is -2.40. The van der Waals surface area contributed by atoms with E-state index in [1.807, 2.05) is 36.2 Å². The summed E-state index contributed by atoms with van der Waals surface area (Å²) in [5.74, 6) is 0.0426. The molecule has 1 aromatic rings. The minimum Gasteiger partial charge on any atom is -0.352 e. The minimum atomic E-state index is -0.0536. The van der Waals surface area contributed by atoms with Crippen LogP contribution in [0.15, 0.2) is 24.3 Å². The number of nitrogens with one attached hydrogen (secondary N) is 2. The third-order valence-corrected chi connectivity index (χ3v) is 3.82. The van der Waals surface area contributed by atoms with Gasteiger partial charge in [-0.1, -0.05) is 12.1 Å². The van der Waals surface area contributed by atoms with Crippen LogP contribution in [-0.4, -0.2) is 42.9 Å². The SMILES string of the molecule is CNCC1CCCN1C(=O)c1ccc(CNC(C)=O)cc1. The van der Waals surface area contributed by atoms with E-state index in [0.717, 1.165) is 31.5 Å². The lowest BCUT2D eigenvalue weighted by atomic mass is 10.1. The van der Waals surface area contributed by atoms with Crippen LogP contribution >= 0.6 is 0 Å². The zero-order valence-electron chi connectivity index (χ0n) is 12.7. The quantitative estimate of drug-likeness (QED) is 0.855. The van der Waals surface area contributed by atoms with Crippen molar-refractivity contribution in [3.63, 3.8) is 0 Å². The van der Waals surface area contributed by atoms with E-state index < -0.39 is 0 Å². The number of rotatable bonds is 5. The first-order valence-corrected chi connectivity index (χ1v) is 7.40. The molecule has 0 bridgehead atoms. The summed E-state index contributed by atoms with van der Waals surface area (Å²) in [5, 5.41) is 5.90. The molecule has 1 heterocycles. The Morgan fingerprint density at radius 2 is 2.00 bits per heavy atom. The summed E-state index contributed by atoms with van der Waals surface area (Å²) < 4.78 is 0. The number of amides is 2. The van der Waals surface area contributed by atoms with Gasteiger partial charge in [0.05, 0.1) is 0 Å². The molecule has 0 saturated carbocycles. The molecule has 21 heavy (non-hydrogen) atoms. The molecule has 0 spiro atoms. The molecule has 1 atom stereocenters. The second-order valence-electron chi connectivity index (χ2n) is 5.46. The fourth-order valence-corrected chi connectivity index (χ4v) is 2.71. The molecule has 2 amide bonds. The standard InChI is InChI=1S/C16H23N3O2/c1-12(20)18-10-13-5-7-14(8-6-13)16(21)19-9-3-4-15(19)11-17-2/h5-8,15,17H,3-4,9-11H2,1-2H3,(H,18,20). The first-order chi connectivity index (χ1) is 10.1. The Labute approximate surface area is 125 Å². The van der Waals surface area contributed by atoms with Crippen LogP contribution in [-0.2, 0) is 11.3 Å². The molecule has 1 aliphatic rings. The molecule has 1 unspecified atom stereocenters. The largest absolute Gasteiger partial charge is 0.352 e. The molecule has 5 heteroatoms. The number of hydrogen-bond acceptors (Lipinski definition) is 3. The summed E-state index contributed by atoms with van der Waals surface area (Å²) in [4.78, 5) is 25.4. The van der Waals surface area contributed by atoms with Crippen LogP contribution in [0, 0.1) is 0 Å². The van der Waals surface area contributed by atoms with Crippen molar-refractivity contribution in [2.75, 3.05) is 20.1 Å². The van der Waals surface area contributed by atoms with Crippen LogP contribution in [0.5, 0.6) is 0 Å². The summed E-state index contributed by atoms with van der Waals surface area (Å²) in [5.41, 5.74) is 1.71. The number of benzene rings is 1. The molecular formula is C16H23N3O2. The highest BCUT2D eigenvalue weighted by Gasteiger charge is 2.28. The molecule has 0 aliphatic carbocycles. The third-order valence-electron chi connectivity index (χ3n) is 3.82. The van der Waals surface area contributed by atoms with Crippen LogP contribution in [0.3, 0.4) is 0 Å². The van der Waals surface area contributed by atoms with Gasteiger partial charge in [0.25, 0.3) is 5.91 Å². The van der Waals surface area contributed by atoms with Crippen molar-refractivity contribution in [1.82, 2.24) is 15.5 Å². The topological polar surface area (TPSA) is 61.4 Å². The number of hydrogen-bond donors (Lipinski definition) is 2. The summed E-state index contributed by atoms with van der Waals surface area (Å²) in [7, 11) is 1.91. The molecular weight excluding hydrogens is 266 g/mol. The van der Waals surface area contributed by atoms with Crippen molar-refractivity contribution in [3.8, 4) is 0 Å². The Hall–Kier alpha value is -1.88. The zero-order chi connectivity index (χ0) is 15.2. The van der Waals surface area contributed by atoms with Gasteiger partial charge in [-0.25, -0.2) is 0 Å². The molecule has 2 rings (SSSR count). The van der Waals surface area contributed by atoms with E-state index in [4.69, 9.17) is 0 Å². The maximum Gasteiger partial charge on any atom is 0.254 e. The van der Waals surface area contributed by atoms with Gasteiger partial charge in [0.1, 0.15) is 0 Å².